The van der Waals surface area contributed by atoms with Gasteiger partial charge in [-0.2, -0.15) is 5.10 Å². The van der Waals surface area contributed by atoms with Crippen LogP contribution in [0, 0.1) is 0 Å². The van der Waals surface area contributed by atoms with Crippen molar-refractivity contribution in [3.63, 3.8) is 0 Å². The Kier molecular flexibility index (Phi) is 2.40. The van der Waals surface area contributed by atoms with Crippen molar-refractivity contribution in [3.05, 3.63) is 36.5 Å². The summed E-state index contributed by atoms with van der Waals surface area (Å²) in [5, 5.41) is 4.04. The van der Waals surface area contributed by atoms with Gasteiger partial charge in [0.15, 0.2) is 5.82 Å². The lowest BCUT2D eigenvalue weighted by Gasteiger charge is -2.23. The smallest absolute Gasteiger partial charge is 0.155 e. The third kappa shape index (κ3) is 1.82. The molecule has 1 fully saturated rings. The van der Waals surface area contributed by atoms with Gasteiger partial charge >= 0.3 is 0 Å². The Morgan fingerprint density at radius 3 is 2.65 bits per heavy atom. The Bertz CT molecular complexity index is 482. The lowest BCUT2D eigenvalue weighted by Crippen LogP contribution is -2.33. The first-order valence-electron chi connectivity index (χ1n) is 5.88. The average Bonchev–Trinajstić information content (AvgIpc) is 3.01. The van der Waals surface area contributed by atoms with Crippen LogP contribution in [0.3, 0.4) is 0 Å². The summed E-state index contributed by atoms with van der Waals surface area (Å²) in [6, 6.07) is 3.99. The van der Waals surface area contributed by atoms with Gasteiger partial charge in [-0.25, -0.2) is 14.6 Å². The molecule has 0 aliphatic heterocycles. The monoisotopic (exact) mass is 229 g/mol. The SMILES string of the molecule is NC1(c2ccc(-n3cncn3)nc2)CCCC1. The Morgan fingerprint density at radius 2 is 2.06 bits per heavy atom. The molecule has 1 saturated carbocycles. The van der Waals surface area contributed by atoms with E-state index < -0.39 is 0 Å². The van der Waals surface area contributed by atoms with Gasteiger partial charge in [0.05, 0.1) is 0 Å². The topological polar surface area (TPSA) is 69.6 Å². The van der Waals surface area contributed by atoms with Crippen molar-refractivity contribution in [3.8, 4) is 5.82 Å². The van der Waals surface area contributed by atoms with E-state index in [9.17, 15) is 0 Å². The van der Waals surface area contributed by atoms with Crippen LogP contribution >= 0.6 is 0 Å². The molecule has 2 N–H and O–H groups in total. The molecule has 1 aliphatic carbocycles. The highest BCUT2D eigenvalue weighted by atomic mass is 15.3. The molecule has 2 aromatic rings. The van der Waals surface area contributed by atoms with Crippen molar-refractivity contribution in [1.29, 1.82) is 0 Å². The first-order chi connectivity index (χ1) is 8.28. The summed E-state index contributed by atoms with van der Waals surface area (Å²) >= 11 is 0. The first kappa shape index (κ1) is 10.4. The second-order valence-corrected chi connectivity index (χ2v) is 4.61. The fourth-order valence-electron chi connectivity index (χ4n) is 2.44. The van der Waals surface area contributed by atoms with Crippen LogP contribution in [-0.2, 0) is 5.54 Å². The lowest BCUT2D eigenvalue weighted by molar-refractivity contribution is 0.460. The van der Waals surface area contributed by atoms with Crippen molar-refractivity contribution in [2.45, 2.75) is 31.2 Å². The maximum absolute atomic E-state index is 6.37. The van der Waals surface area contributed by atoms with Crippen LogP contribution in [0.5, 0.6) is 0 Å². The fourth-order valence-corrected chi connectivity index (χ4v) is 2.44. The molecule has 5 heteroatoms. The number of pyridine rings is 1. The maximum atomic E-state index is 6.37. The van der Waals surface area contributed by atoms with Crippen molar-refractivity contribution < 1.29 is 0 Å². The number of rotatable bonds is 2. The van der Waals surface area contributed by atoms with Gasteiger partial charge in [0.2, 0.25) is 0 Å². The van der Waals surface area contributed by atoms with Crippen LogP contribution in [0.15, 0.2) is 31.0 Å². The van der Waals surface area contributed by atoms with Crippen molar-refractivity contribution in [2.24, 2.45) is 5.73 Å². The van der Waals surface area contributed by atoms with Gasteiger partial charge in [-0.3, -0.25) is 0 Å². The number of aromatic nitrogens is 4. The van der Waals surface area contributed by atoms with Crippen LogP contribution in [0.4, 0.5) is 0 Å². The van der Waals surface area contributed by atoms with Crippen molar-refractivity contribution >= 4 is 0 Å². The van der Waals surface area contributed by atoms with Crippen LogP contribution in [0.1, 0.15) is 31.2 Å². The quantitative estimate of drug-likeness (QED) is 0.844. The Labute approximate surface area is 99.7 Å². The summed E-state index contributed by atoms with van der Waals surface area (Å²) in [5.74, 6) is 0.771. The van der Waals surface area contributed by atoms with E-state index in [1.807, 2.05) is 12.3 Å². The normalized spacial score (nSPS) is 18.4. The first-order valence-corrected chi connectivity index (χ1v) is 5.88. The molecule has 3 rings (SSSR count). The zero-order valence-electron chi connectivity index (χ0n) is 9.58. The maximum Gasteiger partial charge on any atom is 0.155 e. The summed E-state index contributed by atoms with van der Waals surface area (Å²) in [4.78, 5) is 8.29. The highest BCUT2D eigenvalue weighted by molar-refractivity contribution is 5.29. The molecule has 0 unspecified atom stereocenters. The van der Waals surface area contributed by atoms with E-state index in [1.165, 1.54) is 19.2 Å². The van der Waals surface area contributed by atoms with E-state index in [1.54, 1.807) is 11.0 Å². The lowest BCUT2D eigenvalue weighted by atomic mass is 9.91. The molecule has 0 radical (unpaired) electrons. The van der Waals surface area contributed by atoms with E-state index >= 15 is 0 Å². The van der Waals surface area contributed by atoms with Gasteiger partial charge in [-0.05, 0) is 24.5 Å². The summed E-state index contributed by atoms with van der Waals surface area (Å²) in [6.45, 7) is 0. The van der Waals surface area contributed by atoms with Gasteiger partial charge in [-0.15, -0.1) is 0 Å². The average molecular weight is 229 g/mol. The van der Waals surface area contributed by atoms with Gasteiger partial charge < -0.3 is 5.73 Å². The van der Waals surface area contributed by atoms with Crippen molar-refractivity contribution in [1.82, 2.24) is 19.7 Å². The fraction of sp³-hybridized carbons (Fsp3) is 0.417. The zero-order valence-corrected chi connectivity index (χ0v) is 9.58. The Hall–Kier alpha value is -1.75. The van der Waals surface area contributed by atoms with E-state index in [2.05, 4.69) is 21.1 Å². The van der Waals surface area contributed by atoms with E-state index in [-0.39, 0.29) is 5.54 Å². The van der Waals surface area contributed by atoms with Crippen LogP contribution in [0.2, 0.25) is 0 Å². The minimum Gasteiger partial charge on any atom is -0.321 e. The highest BCUT2D eigenvalue weighted by Crippen LogP contribution is 2.35. The molecule has 5 nitrogen and oxygen atoms in total. The van der Waals surface area contributed by atoms with Gasteiger partial charge in [0.25, 0.3) is 0 Å². The predicted octanol–water partition coefficient (Wildman–Crippen LogP) is 1.39. The minimum atomic E-state index is -0.173. The number of hydrogen-bond donors (Lipinski definition) is 1. The largest absolute Gasteiger partial charge is 0.321 e. The summed E-state index contributed by atoms with van der Waals surface area (Å²) in [5.41, 5.74) is 7.33. The summed E-state index contributed by atoms with van der Waals surface area (Å²) < 4.78 is 1.64. The second kappa shape index (κ2) is 3.92. The van der Waals surface area contributed by atoms with Crippen LogP contribution in [0.25, 0.3) is 5.82 Å². The molecule has 1 aliphatic rings. The zero-order chi connectivity index (χ0) is 11.7. The Balaban J connectivity index is 1.90. The molecular weight excluding hydrogens is 214 g/mol. The van der Waals surface area contributed by atoms with Gasteiger partial charge in [0, 0.05) is 11.7 Å². The molecule has 0 saturated heterocycles. The van der Waals surface area contributed by atoms with Crippen LogP contribution in [-0.4, -0.2) is 19.7 Å². The summed E-state index contributed by atoms with van der Waals surface area (Å²) in [6.07, 6.45) is 9.52. The third-order valence-electron chi connectivity index (χ3n) is 3.47. The number of nitrogens with two attached hydrogens (primary N) is 1. The molecule has 0 amide bonds. The molecular formula is C12H15N5. The van der Waals surface area contributed by atoms with E-state index in [0.29, 0.717) is 0 Å². The van der Waals surface area contributed by atoms with Gasteiger partial charge in [-0.1, -0.05) is 18.9 Å². The molecule has 88 valence electrons. The number of nitrogens with zero attached hydrogens (tertiary/aromatic N) is 4. The standard InChI is InChI=1S/C12H15N5/c13-12(5-1-2-6-12)10-3-4-11(15-7-10)17-9-14-8-16-17/h3-4,7-9H,1-2,5-6,13H2. The van der Waals surface area contributed by atoms with Crippen molar-refractivity contribution in [2.75, 3.05) is 0 Å². The molecule has 0 bridgehead atoms. The summed E-state index contributed by atoms with van der Waals surface area (Å²) in [7, 11) is 0. The van der Waals surface area contributed by atoms with E-state index in [0.717, 1.165) is 24.2 Å². The van der Waals surface area contributed by atoms with Crippen LogP contribution < -0.4 is 5.73 Å². The van der Waals surface area contributed by atoms with E-state index in [4.69, 9.17) is 5.73 Å². The molecule has 2 heterocycles. The molecule has 0 spiro atoms. The molecule has 0 aromatic carbocycles. The molecule has 17 heavy (non-hydrogen) atoms. The van der Waals surface area contributed by atoms with Gasteiger partial charge in [0.1, 0.15) is 12.7 Å². The predicted molar refractivity (Wildman–Crippen MR) is 63.5 cm³/mol. The second-order valence-electron chi connectivity index (χ2n) is 4.61. The highest BCUT2D eigenvalue weighted by Gasteiger charge is 2.31. The number of hydrogen-bond acceptors (Lipinski definition) is 4. The molecule has 2 aromatic heterocycles. The third-order valence-corrected chi connectivity index (χ3v) is 3.47. The molecule has 0 atom stereocenters. The Morgan fingerprint density at radius 1 is 1.24 bits per heavy atom. The minimum absolute atomic E-state index is 0.173.